The summed E-state index contributed by atoms with van der Waals surface area (Å²) in [6.45, 7) is 3.53. The van der Waals surface area contributed by atoms with E-state index in [-0.39, 0.29) is 16.7 Å². The van der Waals surface area contributed by atoms with E-state index in [4.69, 9.17) is 0 Å². The fourth-order valence-electron chi connectivity index (χ4n) is 4.91. The van der Waals surface area contributed by atoms with Gasteiger partial charge in [0.1, 0.15) is 0 Å². The monoisotopic (exact) mass is 406 g/mol. The smallest absolute Gasteiger partial charge is 0.238 e. The van der Waals surface area contributed by atoms with Crippen LogP contribution in [0.1, 0.15) is 36.3 Å². The first-order valence-corrected chi connectivity index (χ1v) is 11.4. The van der Waals surface area contributed by atoms with Gasteiger partial charge in [0.2, 0.25) is 11.8 Å². The fourth-order valence-corrected chi connectivity index (χ4v) is 6.24. The van der Waals surface area contributed by atoms with Crippen molar-refractivity contribution < 1.29 is 9.59 Å². The highest BCUT2D eigenvalue weighted by atomic mass is 32.2. The number of anilines is 1. The average molecular weight is 407 g/mol. The van der Waals surface area contributed by atoms with E-state index in [1.165, 1.54) is 5.56 Å². The Bertz CT molecular complexity index is 937. The Kier molecular flexibility index (Phi) is 4.66. The first-order valence-electron chi connectivity index (χ1n) is 10.4. The molecule has 0 radical (unpaired) electrons. The van der Waals surface area contributed by atoms with E-state index in [0.717, 1.165) is 43.6 Å². The molecule has 5 rings (SSSR count). The van der Waals surface area contributed by atoms with Crippen LogP contribution in [0, 0.1) is 12.8 Å². The molecule has 3 aliphatic rings. The maximum Gasteiger partial charge on any atom is 0.238 e. The number of hydrogen-bond acceptors (Lipinski definition) is 3. The molecule has 2 atom stereocenters. The minimum Gasteiger partial charge on any atom is -0.342 e. The first kappa shape index (κ1) is 18.7. The highest BCUT2D eigenvalue weighted by Gasteiger charge is 2.51. The largest absolute Gasteiger partial charge is 0.342 e. The van der Waals surface area contributed by atoms with E-state index < -0.39 is 0 Å². The SMILES string of the molecule is Cc1cccc(N2C(=O)CSC23CCN(C(=O)[C@H]2C[C@H]2c2ccccc2)CC3)c1. The third kappa shape index (κ3) is 3.35. The number of piperidine rings is 1. The van der Waals surface area contributed by atoms with Gasteiger partial charge in [0.25, 0.3) is 0 Å². The summed E-state index contributed by atoms with van der Waals surface area (Å²) in [5.74, 6) is 1.53. The molecule has 2 aromatic carbocycles. The predicted molar refractivity (Wildman–Crippen MR) is 117 cm³/mol. The van der Waals surface area contributed by atoms with Crippen molar-refractivity contribution in [3.8, 4) is 0 Å². The summed E-state index contributed by atoms with van der Waals surface area (Å²) in [6, 6.07) is 18.6. The summed E-state index contributed by atoms with van der Waals surface area (Å²) < 4.78 is 0. The second-order valence-electron chi connectivity index (χ2n) is 8.49. The van der Waals surface area contributed by atoms with Crippen molar-refractivity contribution >= 4 is 29.3 Å². The highest BCUT2D eigenvalue weighted by molar-refractivity contribution is 8.02. The van der Waals surface area contributed by atoms with Gasteiger partial charge in [-0.25, -0.2) is 0 Å². The van der Waals surface area contributed by atoms with Gasteiger partial charge in [-0.15, -0.1) is 11.8 Å². The summed E-state index contributed by atoms with van der Waals surface area (Å²) in [5.41, 5.74) is 3.43. The molecule has 2 aromatic rings. The van der Waals surface area contributed by atoms with Gasteiger partial charge in [-0.2, -0.15) is 0 Å². The minimum atomic E-state index is -0.204. The number of rotatable bonds is 3. The fraction of sp³-hybridized carbons (Fsp3) is 0.417. The van der Waals surface area contributed by atoms with Gasteiger partial charge in [0.05, 0.1) is 10.6 Å². The van der Waals surface area contributed by atoms with Crippen LogP contribution in [0.25, 0.3) is 0 Å². The second-order valence-corrected chi connectivity index (χ2v) is 9.82. The van der Waals surface area contributed by atoms with Gasteiger partial charge in [0, 0.05) is 24.7 Å². The van der Waals surface area contributed by atoms with Crippen LogP contribution in [0.5, 0.6) is 0 Å². The molecule has 1 aliphatic carbocycles. The van der Waals surface area contributed by atoms with Crippen molar-refractivity contribution in [3.63, 3.8) is 0 Å². The molecule has 2 saturated heterocycles. The Hall–Kier alpha value is -2.27. The summed E-state index contributed by atoms with van der Waals surface area (Å²) in [7, 11) is 0. The van der Waals surface area contributed by atoms with Crippen LogP contribution >= 0.6 is 11.8 Å². The van der Waals surface area contributed by atoms with Gasteiger partial charge in [-0.1, -0.05) is 42.5 Å². The van der Waals surface area contributed by atoms with Crippen molar-refractivity contribution in [1.82, 2.24) is 4.90 Å². The molecule has 1 saturated carbocycles. The zero-order valence-corrected chi connectivity index (χ0v) is 17.5. The van der Waals surface area contributed by atoms with Crippen molar-refractivity contribution in [2.45, 2.75) is 37.0 Å². The lowest BCUT2D eigenvalue weighted by Crippen LogP contribution is -2.53. The zero-order chi connectivity index (χ0) is 20.0. The summed E-state index contributed by atoms with van der Waals surface area (Å²) in [4.78, 5) is 29.6. The standard InChI is InChI=1S/C24H26N2O2S/c1-17-6-5-9-19(14-17)26-22(27)16-29-24(26)10-12-25(13-11-24)23(28)21-15-20(21)18-7-3-2-4-8-18/h2-9,14,20-21H,10-13,15-16H2,1H3/t20-,21-/m0/s1. The van der Waals surface area contributed by atoms with Gasteiger partial charge in [-0.3, -0.25) is 14.5 Å². The molecule has 1 spiro atoms. The van der Waals surface area contributed by atoms with Gasteiger partial charge in [0.15, 0.2) is 0 Å². The highest BCUT2D eigenvalue weighted by Crippen LogP contribution is 2.50. The Balaban J connectivity index is 1.27. The molecule has 4 nitrogen and oxygen atoms in total. The number of amides is 2. The quantitative estimate of drug-likeness (QED) is 0.767. The molecule has 0 unspecified atom stereocenters. The molecule has 2 amide bonds. The van der Waals surface area contributed by atoms with Crippen molar-refractivity contribution in [2.75, 3.05) is 23.7 Å². The van der Waals surface area contributed by atoms with Gasteiger partial charge in [-0.05, 0) is 55.4 Å². The lowest BCUT2D eigenvalue weighted by molar-refractivity contribution is -0.133. The molecule has 2 heterocycles. The van der Waals surface area contributed by atoms with Crippen molar-refractivity contribution in [2.24, 2.45) is 5.92 Å². The normalized spacial score (nSPS) is 25.5. The molecule has 150 valence electrons. The number of aryl methyl sites for hydroxylation is 1. The summed E-state index contributed by atoms with van der Waals surface area (Å²) >= 11 is 1.76. The average Bonchev–Trinajstić information content (AvgIpc) is 3.48. The van der Waals surface area contributed by atoms with Gasteiger partial charge < -0.3 is 4.90 Å². The summed E-state index contributed by atoms with van der Waals surface area (Å²) in [6.07, 6.45) is 2.64. The van der Waals surface area contributed by atoms with Crippen LogP contribution < -0.4 is 4.90 Å². The van der Waals surface area contributed by atoms with E-state index >= 15 is 0 Å². The molecule has 2 aliphatic heterocycles. The Morgan fingerprint density at radius 1 is 1.07 bits per heavy atom. The van der Waals surface area contributed by atoms with E-state index in [0.29, 0.717) is 17.6 Å². The van der Waals surface area contributed by atoms with Crippen LogP contribution in [0.3, 0.4) is 0 Å². The second kappa shape index (κ2) is 7.21. The topological polar surface area (TPSA) is 40.6 Å². The number of thioether (sulfide) groups is 1. The number of carbonyl (C=O) groups is 2. The Labute approximate surface area is 176 Å². The van der Waals surface area contributed by atoms with Crippen LogP contribution in [0.2, 0.25) is 0 Å². The van der Waals surface area contributed by atoms with Gasteiger partial charge >= 0.3 is 0 Å². The maximum absolute atomic E-state index is 13.0. The molecule has 0 aromatic heterocycles. The van der Waals surface area contributed by atoms with Crippen LogP contribution in [-0.4, -0.2) is 40.4 Å². The molecule has 3 fully saturated rings. The third-order valence-corrected chi connectivity index (χ3v) is 8.09. The first-order chi connectivity index (χ1) is 14.1. The Morgan fingerprint density at radius 2 is 1.83 bits per heavy atom. The maximum atomic E-state index is 13.0. The Morgan fingerprint density at radius 3 is 2.55 bits per heavy atom. The lowest BCUT2D eigenvalue weighted by atomic mass is 10.00. The zero-order valence-electron chi connectivity index (χ0n) is 16.7. The van der Waals surface area contributed by atoms with Crippen LogP contribution in [-0.2, 0) is 9.59 Å². The molecule has 5 heteroatoms. The molecule has 29 heavy (non-hydrogen) atoms. The van der Waals surface area contributed by atoms with Crippen LogP contribution in [0.15, 0.2) is 54.6 Å². The molecular formula is C24H26N2O2S. The predicted octanol–water partition coefficient (Wildman–Crippen LogP) is 4.20. The number of carbonyl (C=O) groups excluding carboxylic acids is 2. The summed E-state index contributed by atoms with van der Waals surface area (Å²) in [5, 5.41) is 0. The van der Waals surface area contributed by atoms with E-state index in [1.54, 1.807) is 11.8 Å². The van der Waals surface area contributed by atoms with E-state index in [1.807, 2.05) is 40.1 Å². The number of benzene rings is 2. The third-order valence-electron chi connectivity index (χ3n) is 6.57. The van der Waals surface area contributed by atoms with Crippen molar-refractivity contribution in [3.05, 3.63) is 65.7 Å². The van der Waals surface area contributed by atoms with E-state index in [9.17, 15) is 9.59 Å². The molecular weight excluding hydrogens is 380 g/mol. The lowest BCUT2D eigenvalue weighted by Gasteiger charge is -2.44. The van der Waals surface area contributed by atoms with Crippen molar-refractivity contribution in [1.29, 1.82) is 0 Å². The van der Waals surface area contributed by atoms with E-state index in [2.05, 4.69) is 31.2 Å². The number of likely N-dealkylation sites (tertiary alicyclic amines) is 1. The molecule has 0 N–H and O–H groups in total. The number of hydrogen-bond donors (Lipinski definition) is 0. The minimum absolute atomic E-state index is 0.136. The molecule has 0 bridgehead atoms. The number of nitrogens with zero attached hydrogens (tertiary/aromatic N) is 2. The van der Waals surface area contributed by atoms with Crippen LogP contribution in [0.4, 0.5) is 5.69 Å².